The van der Waals surface area contributed by atoms with E-state index in [0.29, 0.717) is 18.1 Å². The smallest absolute Gasteiger partial charge is 0.204 e. The molecule has 3 rings (SSSR count). The molecule has 3 aromatic rings. The number of hydrogen-bond acceptors (Lipinski definition) is 5. The zero-order chi connectivity index (χ0) is 14.7. The molecular formula is C14H13N7. The number of aromatic nitrogens is 5. The molecule has 0 unspecified atom stereocenters. The lowest BCUT2D eigenvalue weighted by Gasteiger charge is -2.05. The molecule has 0 fully saturated rings. The molecule has 0 saturated heterocycles. The summed E-state index contributed by atoms with van der Waals surface area (Å²) in [5, 5.41) is 26.2. The van der Waals surface area contributed by atoms with Gasteiger partial charge in [-0.2, -0.15) is 10.5 Å². The molecule has 7 nitrogen and oxygen atoms in total. The highest BCUT2D eigenvalue weighted by Gasteiger charge is 2.05. The van der Waals surface area contributed by atoms with Crippen molar-refractivity contribution >= 4 is 5.69 Å². The van der Waals surface area contributed by atoms with E-state index in [1.165, 1.54) is 0 Å². The Morgan fingerprint density at radius 1 is 1.38 bits per heavy atom. The summed E-state index contributed by atoms with van der Waals surface area (Å²) in [6.45, 7) is 0.644. The Kier molecular flexibility index (Phi) is 3.35. The first-order chi connectivity index (χ1) is 10.3. The van der Waals surface area contributed by atoms with Gasteiger partial charge in [0.25, 0.3) is 0 Å². The van der Waals surface area contributed by atoms with Gasteiger partial charge in [0.05, 0.1) is 0 Å². The number of tetrazole rings is 1. The molecule has 7 heteroatoms. The second kappa shape index (κ2) is 5.46. The Balaban J connectivity index is 1.73. The molecule has 0 aliphatic carbocycles. The molecule has 0 spiro atoms. The molecule has 2 heterocycles. The number of hydrogen-bond donors (Lipinski definition) is 2. The largest absolute Gasteiger partial charge is 0.381 e. The number of rotatable bonds is 4. The summed E-state index contributed by atoms with van der Waals surface area (Å²) in [7, 11) is 1.86. The normalized spacial score (nSPS) is 10.3. The molecule has 0 saturated carbocycles. The maximum atomic E-state index is 8.95. The van der Waals surface area contributed by atoms with Crippen molar-refractivity contribution in [2.45, 2.75) is 6.54 Å². The van der Waals surface area contributed by atoms with E-state index >= 15 is 0 Å². The van der Waals surface area contributed by atoms with Crippen LogP contribution in [0.4, 0.5) is 5.69 Å². The number of H-pyrrole nitrogens is 1. The van der Waals surface area contributed by atoms with Crippen molar-refractivity contribution in [1.82, 2.24) is 25.2 Å². The predicted molar refractivity (Wildman–Crippen MR) is 77.1 cm³/mol. The van der Waals surface area contributed by atoms with Gasteiger partial charge in [-0.15, -0.1) is 10.2 Å². The first-order valence-corrected chi connectivity index (χ1v) is 6.39. The van der Waals surface area contributed by atoms with Gasteiger partial charge in [-0.25, -0.2) is 0 Å². The zero-order valence-electron chi connectivity index (χ0n) is 11.4. The Morgan fingerprint density at radius 2 is 2.29 bits per heavy atom. The van der Waals surface area contributed by atoms with Crippen LogP contribution in [0.2, 0.25) is 0 Å². The van der Waals surface area contributed by atoms with Crippen LogP contribution in [-0.4, -0.2) is 25.2 Å². The number of anilines is 1. The van der Waals surface area contributed by atoms with Crippen molar-refractivity contribution in [2.24, 2.45) is 7.05 Å². The highest BCUT2D eigenvalue weighted by atomic mass is 15.5. The number of nitrogens with one attached hydrogen (secondary N) is 2. The minimum absolute atomic E-state index is 0.560. The molecule has 104 valence electrons. The Labute approximate surface area is 121 Å². The predicted octanol–water partition coefficient (Wildman–Crippen LogP) is 1.69. The van der Waals surface area contributed by atoms with Gasteiger partial charge in [0.2, 0.25) is 5.82 Å². The third-order valence-electron chi connectivity index (χ3n) is 3.14. The maximum Gasteiger partial charge on any atom is 0.204 e. The highest BCUT2D eigenvalue weighted by Crippen LogP contribution is 2.19. The number of nitrogens with zero attached hydrogens (tertiary/aromatic N) is 5. The van der Waals surface area contributed by atoms with Gasteiger partial charge in [0.1, 0.15) is 11.8 Å². The van der Waals surface area contributed by atoms with E-state index in [1.54, 1.807) is 0 Å². The third kappa shape index (κ3) is 2.74. The fourth-order valence-corrected chi connectivity index (χ4v) is 2.10. The Morgan fingerprint density at radius 3 is 3.00 bits per heavy atom. The van der Waals surface area contributed by atoms with E-state index in [2.05, 4.69) is 32.0 Å². The van der Waals surface area contributed by atoms with Crippen molar-refractivity contribution in [2.75, 3.05) is 5.32 Å². The Hall–Kier alpha value is -3.14. The van der Waals surface area contributed by atoms with Gasteiger partial charge in [-0.05, 0) is 29.0 Å². The van der Waals surface area contributed by atoms with Crippen molar-refractivity contribution in [3.05, 3.63) is 47.8 Å². The first kappa shape index (κ1) is 12.9. The van der Waals surface area contributed by atoms with Crippen LogP contribution in [0.1, 0.15) is 11.3 Å². The highest BCUT2D eigenvalue weighted by molar-refractivity contribution is 5.61. The molecule has 0 aliphatic rings. The summed E-state index contributed by atoms with van der Waals surface area (Å²) in [4.78, 5) is 0. The van der Waals surface area contributed by atoms with Crippen LogP contribution in [0, 0.1) is 11.3 Å². The lowest BCUT2D eigenvalue weighted by molar-refractivity contribution is 0.881. The number of benzene rings is 1. The summed E-state index contributed by atoms with van der Waals surface area (Å²) in [6, 6.07) is 11.8. The minimum Gasteiger partial charge on any atom is -0.381 e. The molecule has 0 atom stereocenters. The van der Waals surface area contributed by atoms with Gasteiger partial charge in [-0.1, -0.05) is 12.1 Å². The van der Waals surface area contributed by atoms with Gasteiger partial charge < -0.3 is 9.88 Å². The summed E-state index contributed by atoms with van der Waals surface area (Å²) < 4.78 is 1.81. The second-order valence-electron chi connectivity index (χ2n) is 4.63. The van der Waals surface area contributed by atoms with Crippen LogP contribution < -0.4 is 5.32 Å². The van der Waals surface area contributed by atoms with E-state index in [1.807, 2.05) is 48.1 Å². The van der Waals surface area contributed by atoms with Crippen LogP contribution in [0.5, 0.6) is 0 Å². The van der Waals surface area contributed by atoms with Crippen LogP contribution in [-0.2, 0) is 13.6 Å². The quantitative estimate of drug-likeness (QED) is 0.757. The number of nitriles is 1. The van der Waals surface area contributed by atoms with E-state index in [4.69, 9.17) is 5.26 Å². The molecule has 0 amide bonds. The molecular weight excluding hydrogens is 266 g/mol. The average molecular weight is 279 g/mol. The first-order valence-electron chi connectivity index (χ1n) is 6.39. The topological polar surface area (TPSA) is 95.2 Å². The summed E-state index contributed by atoms with van der Waals surface area (Å²) in [6.07, 6.45) is 1.94. The zero-order valence-corrected chi connectivity index (χ0v) is 11.4. The second-order valence-corrected chi connectivity index (χ2v) is 4.63. The van der Waals surface area contributed by atoms with Gasteiger partial charge in [-0.3, -0.25) is 0 Å². The molecule has 0 radical (unpaired) electrons. The van der Waals surface area contributed by atoms with E-state index in [9.17, 15) is 0 Å². The summed E-state index contributed by atoms with van der Waals surface area (Å²) in [5.41, 5.74) is 3.55. The Bertz CT molecular complexity index is 780. The molecule has 0 aliphatic heterocycles. The van der Waals surface area contributed by atoms with Crippen LogP contribution in [0.25, 0.3) is 11.4 Å². The van der Waals surface area contributed by atoms with Crippen LogP contribution in [0.3, 0.4) is 0 Å². The number of aromatic amines is 1. The SMILES string of the molecule is Cn1cc(CNc2cccc(-c3nn[nH]n3)c2)cc1C#N. The maximum absolute atomic E-state index is 8.95. The van der Waals surface area contributed by atoms with Crippen LogP contribution in [0.15, 0.2) is 36.5 Å². The van der Waals surface area contributed by atoms with Crippen molar-refractivity contribution in [1.29, 1.82) is 5.26 Å². The van der Waals surface area contributed by atoms with E-state index in [0.717, 1.165) is 16.8 Å². The van der Waals surface area contributed by atoms with E-state index < -0.39 is 0 Å². The van der Waals surface area contributed by atoms with Crippen molar-refractivity contribution < 1.29 is 0 Å². The van der Waals surface area contributed by atoms with Crippen molar-refractivity contribution in [3.8, 4) is 17.5 Å². The average Bonchev–Trinajstić information content (AvgIpc) is 3.15. The molecule has 1 aromatic carbocycles. The fourth-order valence-electron chi connectivity index (χ4n) is 2.10. The van der Waals surface area contributed by atoms with Gasteiger partial charge in [0, 0.05) is 31.0 Å². The standard InChI is InChI=1S/C14H13N7/c1-21-9-10(5-13(21)7-15)8-16-12-4-2-3-11(6-12)14-17-19-20-18-14/h2-6,9,16H,8H2,1H3,(H,17,18,19,20). The molecule has 2 aromatic heterocycles. The van der Waals surface area contributed by atoms with Gasteiger partial charge >= 0.3 is 0 Å². The molecule has 0 bridgehead atoms. The summed E-state index contributed by atoms with van der Waals surface area (Å²) >= 11 is 0. The minimum atomic E-state index is 0.560. The van der Waals surface area contributed by atoms with Crippen molar-refractivity contribution in [3.63, 3.8) is 0 Å². The fraction of sp³-hybridized carbons (Fsp3) is 0.143. The van der Waals surface area contributed by atoms with Crippen LogP contribution >= 0.6 is 0 Å². The summed E-state index contributed by atoms with van der Waals surface area (Å²) in [5.74, 6) is 0.560. The lowest BCUT2D eigenvalue weighted by Crippen LogP contribution is -1.98. The lowest BCUT2D eigenvalue weighted by atomic mass is 10.2. The molecule has 21 heavy (non-hydrogen) atoms. The van der Waals surface area contributed by atoms with Gasteiger partial charge in [0.15, 0.2) is 0 Å². The monoisotopic (exact) mass is 279 g/mol. The number of aryl methyl sites for hydroxylation is 1. The molecule has 2 N–H and O–H groups in total. The van der Waals surface area contributed by atoms with E-state index in [-0.39, 0.29) is 0 Å². The third-order valence-corrected chi connectivity index (χ3v) is 3.14.